The molecule has 4 rings (SSSR count). The first-order valence-electron chi connectivity index (χ1n) is 9.35. The van der Waals surface area contributed by atoms with E-state index in [0.717, 1.165) is 28.3 Å². The second kappa shape index (κ2) is 8.48. The summed E-state index contributed by atoms with van der Waals surface area (Å²) in [7, 11) is 0. The molecule has 2 aromatic heterocycles. The van der Waals surface area contributed by atoms with Gasteiger partial charge < -0.3 is 0 Å². The van der Waals surface area contributed by atoms with Crippen LogP contribution in [0.4, 0.5) is 4.39 Å². The number of benzene rings is 1. The molecule has 8 heteroatoms. The van der Waals surface area contributed by atoms with E-state index in [0.29, 0.717) is 10.6 Å². The topological polar surface area (TPSA) is 67.3 Å². The fourth-order valence-corrected chi connectivity index (χ4v) is 5.25. The summed E-state index contributed by atoms with van der Waals surface area (Å²) in [6.07, 6.45) is 7.61. The van der Waals surface area contributed by atoms with Crippen molar-refractivity contribution in [3.63, 3.8) is 0 Å². The lowest BCUT2D eigenvalue weighted by molar-refractivity contribution is 0.497. The van der Waals surface area contributed by atoms with Crippen LogP contribution in [0.5, 0.6) is 0 Å². The maximum atomic E-state index is 13.9. The van der Waals surface area contributed by atoms with Gasteiger partial charge in [-0.05, 0) is 31.4 Å². The number of rotatable bonds is 7. The van der Waals surface area contributed by atoms with Crippen molar-refractivity contribution in [1.29, 1.82) is 0 Å². The standard InChI is InChI=1S/C19H22FN5S2/c1-12(17-23-24-18(27-17)14-8-4-5-9-15(14)20)26-19-21-16(22-25-19)11-10-13-6-2-3-7-13/h4-5,8-9,12-13H,2-3,6-7,10-11H2,1H3,(H,21,22,25)/t12-/m0/s1. The molecule has 2 heterocycles. The van der Waals surface area contributed by atoms with Gasteiger partial charge in [-0.3, -0.25) is 5.10 Å². The SMILES string of the molecule is C[C@H](Sc1n[nH]c(CCC2CCCC2)n1)c1nnc(-c2ccccc2F)s1. The van der Waals surface area contributed by atoms with E-state index >= 15 is 0 Å². The zero-order valence-corrected chi connectivity index (χ0v) is 16.8. The summed E-state index contributed by atoms with van der Waals surface area (Å²) in [5.41, 5.74) is 0.491. The van der Waals surface area contributed by atoms with Gasteiger partial charge in [0.1, 0.15) is 16.6 Å². The van der Waals surface area contributed by atoms with Crippen molar-refractivity contribution >= 4 is 23.1 Å². The number of aromatic nitrogens is 5. The van der Waals surface area contributed by atoms with Gasteiger partial charge in [0.2, 0.25) is 5.16 Å². The molecule has 0 saturated heterocycles. The minimum Gasteiger partial charge on any atom is -0.262 e. The van der Waals surface area contributed by atoms with Crippen LogP contribution in [-0.4, -0.2) is 25.4 Å². The smallest absolute Gasteiger partial charge is 0.209 e. The second-order valence-corrected chi connectivity index (χ2v) is 9.26. The minimum atomic E-state index is -0.277. The van der Waals surface area contributed by atoms with E-state index in [1.807, 2.05) is 6.92 Å². The molecule has 1 aromatic carbocycles. The third kappa shape index (κ3) is 4.55. The Morgan fingerprint density at radius 2 is 2.07 bits per heavy atom. The predicted molar refractivity (Wildman–Crippen MR) is 106 cm³/mol. The van der Waals surface area contributed by atoms with Crippen molar-refractivity contribution in [2.75, 3.05) is 0 Å². The Morgan fingerprint density at radius 1 is 1.26 bits per heavy atom. The number of nitrogens with zero attached hydrogens (tertiary/aromatic N) is 4. The van der Waals surface area contributed by atoms with E-state index in [-0.39, 0.29) is 11.1 Å². The van der Waals surface area contributed by atoms with Crippen LogP contribution in [0.3, 0.4) is 0 Å². The summed E-state index contributed by atoms with van der Waals surface area (Å²) < 4.78 is 13.9. The van der Waals surface area contributed by atoms with Gasteiger partial charge in [-0.15, -0.1) is 15.3 Å². The van der Waals surface area contributed by atoms with Gasteiger partial charge >= 0.3 is 0 Å². The predicted octanol–water partition coefficient (Wildman–Crippen LogP) is 5.44. The summed E-state index contributed by atoms with van der Waals surface area (Å²) in [5, 5.41) is 18.0. The highest BCUT2D eigenvalue weighted by Crippen LogP contribution is 2.37. The molecule has 3 aromatic rings. The number of aromatic amines is 1. The van der Waals surface area contributed by atoms with Crippen molar-refractivity contribution in [3.05, 3.63) is 40.9 Å². The Balaban J connectivity index is 1.36. The molecule has 0 spiro atoms. The zero-order chi connectivity index (χ0) is 18.6. The Kier molecular flexibility index (Phi) is 5.83. The first-order valence-corrected chi connectivity index (χ1v) is 11.0. The van der Waals surface area contributed by atoms with Crippen LogP contribution in [0.1, 0.15) is 55.1 Å². The van der Waals surface area contributed by atoms with E-state index in [1.165, 1.54) is 49.5 Å². The van der Waals surface area contributed by atoms with Gasteiger partial charge in [-0.25, -0.2) is 9.37 Å². The lowest BCUT2D eigenvalue weighted by Gasteiger charge is -2.05. The number of halogens is 1. The van der Waals surface area contributed by atoms with Crippen LogP contribution in [0.25, 0.3) is 10.6 Å². The van der Waals surface area contributed by atoms with Crippen LogP contribution in [0.2, 0.25) is 0 Å². The maximum absolute atomic E-state index is 13.9. The quantitative estimate of drug-likeness (QED) is 0.532. The van der Waals surface area contributed by atoms with Crippen LogP contribution in [0, 0.1) is 11.7 Å². The Labute approximate surface area is 166 Å². The molecule has 0 amide bonds. The molecule has 0 radical (unpaired) electrons. The molecule has 1 atom stereocenters. The van der Waals surface area contributed by atoms with Gasteiger partial charge in [-0.1, -0.05) is 60.9 Å². The Hall–Kier alpha value is -1.80. The molecule has 27 heavy (non-hydrogen) atoms. The molecule has 1 N–H and O–H groups in total. The first-order chi connectivity index (χ1) is 13.2. The third-order valence-electron chi connectivity index (χ3n) is 4.95. The number of hydrogen-bond donors (Lipinski definition) is 1. The number of hydrogen-bond acceptors (Lipinski definition) is 6. The fourth-order valence-electron chi connectivity index (χ4n) is 3.43. The van der Waals surface area contributed by atoms with Crippen molar-refractivity contribution in [2.24, 2.45) is 5.92 Å². The van der Waals surface area contributed by atoms with Gasteiger partial charge in [0.05, 0.1) is 5.25 Å². The summed E-state index contributed by atoms with van der Waals surface area (Å²) in [5.74, 6) is 1.53. The van der Waals surface area contributed by atoms with E-state index in [9.17, 15) is 4.39 Å². The summed E-state index contributed by atoms with van der Waals surface area (Å²) >= 11 is 2.96. The Bertz CT molecular complexity index is 888. The molecular weight excluding hydrogens is 381 g/mol. The molecule has 0 unspecified atom stereocenters. The molecular formula is C19H22FN5S2. The summed E-state index contributed by atoms with van der Waals surface area (Å²) in [4.78, 5) is 4.61. The third-order valence-corrected chi connectivity index (χ3v) is 7.21. The second-order valence-electron chi connectivity index (χ2n) is 6.94. The highest BCUT2D eigenvalue weighted by molar-refractivity contribution is 7.99. The van der Waals surface area contributed by atoms with Gasteiger partial charge in [-0.2, -0.15) is 0 Å². The van der Waals surface area contributed by atoms with E-state index in [4.69, 9.17) is 0 Å². The number of aryl methyl sites for hydroxylation is 1. The average molecular weight is 404 g/mol. The largest absolute Gasteiger partial charge is 0.262 e. The molecule has 1 aliphatic rings. The Morgan fingerprint density at radius 3 is 2.89 bits per heavy atom. The molecule has 1 saturated carbocycles. The van der Waals surface area contributed by atoms with Crippen LogP contribution < -0.4 is 0 Å². The van der Waals surface area contributed by atoms with Gasteiger partial charge in [0.15, 0.2) is 5.01 Å². The number of nitrogens with one attached hydrogen (secondary N) is 1. The lowest BCUT2D eigenvalue weighted by atomic mass is 10.0. The molecule has 5 nitrogen and oxygen atoms in total. The molecule has 142 valence electrons. The van der Waals surface area contributed by atoms with E-state index < -0.39 is 0 Å². The van der Waals surface area contributed by atoms with Crippen LogP contribution in [-0.2, 0) is 6.42 Å². The van der Waals surface area contributed by atoms with Crippen molar-refractivity contribution in [1.82, 2.24) is 25.4 Å². The summed E-state index contributed by atoms with van der Waals surface area (Å²) in [6, 6.07) is 6.64. The molecule has 1 fully saturated rings. The number of H-pyrrole nitrogens is 1. The zero-order valence-electron chi connectivity index (χ0n) is 15.2. The molecule has 1 aliphatic carbocycles. The number of thioether (sulfide) groups is 1. The van der Waals surface area contributed by atoms with Crippen molar-refractivity contribution < 1.29 is 4.39 Å². The lowest BCUT2D eigenvalue weighted by Crippen LogP contribution is -1.97. The first kappa shape index (κ1) is 18.6. The molecule has 0 aliphatic heterocycles. The van der Waals surface area contributed by atoms with Crippen LogP contribution in [0.15, 0.2) is 29.4 Å². The molecule has 0 bridgehead atoms. The highest BCUT2D eigenvalue weighted by Gasteiger charge is 2.19. The fraction of sp³-hybridized carbons (Fsp3) is 0.474. The van der Waals surface area contributed by atoms with Crippen molar-refractivity contribution in [3.8, 4) is 10.6 Å². The van der Waals surface area contributed by atoms with E-state index in [2.05, 4.69) is 25.4 Å². The normalized spacial score (nSPS) is 16.1. The van der Waals surface area contributed by atoms with Gasteiger partial charge in [0, 0.05) is 12.0 Å². The average Bonchev–Trinajstić information content (AvgIpc) is 3.42. The monoisotopic (exact) mass is 403 g/mol. The minimum absolute atomic E-state index is 0.0569. The summed E-state index contributed by atoms with van der Waals surface area (Å²) in [6.45, 7) is 2.05. The van der Waals surface area contributed by atoms with Crippen molar-refractivity contribution in [2.45, 2.75) is 55.9 Å². The van der Waals surface area contributed by atoms with E-state index in [1.54, 1.807) is 30.0 Å². The van der Waals surface area contributed by atoms with Gasteiger partial charge in [0.25, 0.3) is 0 Å². The van der Waals surface area contributed by atoms with Crippen LogP contribution >= 0.6 is 23.1 Å². The highest BCUT2D eigenvalue weighted by atomic mass is 32.2. The maximum Gasteiger partial charge on any atom is 0.209 e.